The summed E-state index contributed by atoms with van der Waals surface area (Å²) in [4.78, 5) is 16.9. The number of carbonyl (C=O) groups excluding carboxylic acids is 1. The molecule has 124 valence electrons. The fourth-order valence-corrected chi connectivity index (χ4v) is 4.22. The second-order valence-corrected chi connectivity index (χ2v) is 7.70. The number of carbonyl (C=O) groups is 1. The molecule has 1 N–H and O–H groups in total. The van der Waals surface area contributed by atoms with Crippen molar-refractivity contribution in [2.45, 2.75) is 44.7 Å². The smallest absolute Gasteiger partial charge is 0.317 e. The maximum Gasteiger partial charge on any atom is 0.317 e. The summed E-state index contributed by atoms with van der Waals surface area (Å²) in [6, 6.07) is 11.4. The third-order valence-electron chi connectivity index (χ3n) is 5.62. The summed E-state index contributed by atoms with van der Waals surface area (Å²) < 4.78 is 0. The Kier molecular flexibility index (Phi) is 4.02. The maximum absolute atomic E-state index is 12.3. The first kappa shape index (κ1) is 15.0. The van der Waals surface area contributed by atoms with Crippen molar-refractivity contribution in [3.8, 4) is 0 Å². The van der Waals surface area contributed by atoms with Gasteiger partial charge in [0.25, 0.3) is 0 Å². The van der Waals surface area contributed by atoms with Crippen LogP contribution in [0.25, 0.3) is 0 Å². The van der Waals surface area contributed by atoms with E-state index < -0.39 is 0 Å². The number of hydrogen-bond acceptors (Lipinski definition) is 2. The van der Waals surface area contributed by atoms with Crippen LogP contribution in [-0.4, -0.2) is 48.1 Å². The molecule has 1 saturated carbocycles. The van der Waals surface area contributed by atoms with Crippen LogP contribution in [0.3, 0.4) is 0 Å². The lowest BCUT2D eigenvalue weighted by Crippen LogP contribution is -2.46. The quantitative estimate of drug-likeness (QED) is 0.931. The van der Waals surface area contributed by atoms with Gasteiger partial charge in [0, 0.05) is 37.6 Å². The van der Waals surface area contributed by atoms with Gasteiger partial charge in [0.1, 0.15) is 0 Å². The molecule has 4 nitrogen and oxygen atoms in total. The fraction of sp³-hybridized carbons (Fsp3) is 0.632. The maximum atomic E-state index is 12.3. The summed E-state index contributed by atoms with van der Waals surface area (Å²) in [5.41, 5.74) is 1.72. The first-order valence-electron chi connectivity index (χ1n) is 9.04. The number of piperidine rings is 1. The Labute approximate surface area is 138 Å². The molecule has 4 rings (SSSR count). The predicted molar refractivity (Wildman–Crippen MR) is 91.1 cm³/mol. The van der Waals surface area contributed by atoms with Crippen LogP contribution in [0.1, 0.15) is 37.7 Å². The molecule has 1 aromatic rings. The fourth-order valence-electron chi connectivity index (χ4n) is 4.22. The molecule has 2 heterocycles. The molecule has 3 aliphatic rings. The van der Waals surface area contributed by atoms with Gasteiger partial charge < -0.3 is 10.2 Å². The van der Waals surface area contributed by atoms with Crippen LogP contribution in [0.2, 0.25) is 0 Å². The van der Waals surface area contributed by atoms with Crippen molar-refractivity contribution in [3.63, 3.8) is 0 Å². The average Bonchev–Trinajstić information content (AvgIpc) is 3.28. The summed E-state index contributed by atoms with van der Waals surface area (Å²) in [7, 11) is 0. The summed E-state index contributed by atoms with van der Waals surface area (Å²) in [6.45, 7) is 5.23. The molecule has 1 aliphatic carbocycles. The highest BCUT2D eigenvalue weighted by atomic mass is 16.2. The van der Waals surface area contributed by atoms with E-state index in [4.69, 9.17) is 0 Å². The number of amides is 2. The number of likely N-dealkylation sites (tertiary alicyclic amines) is 2. The zero-order chi connectivity index (χ0) is 15.7. The molecule has 1 aromatic carbocycles. The monoisotopic (exact) mass is 313 g/mol. The molecular formula is C19H27N3O. The minimum absolute atomic E-state index is 0.171. The molecule has 2 amide bonds. The van der Waals surface area contributed by atoms with E-state index in [1.54, 1.807) is 0 Å². The summed E-state index contributed by atoms with van der Waals surface area (Å²) in [5.74, 6) is 0. The molecular weight excluding hydrogens is 286 g/mol. The van der Waals surface area contributed by atoms with Gasteiger partial charge in [-0.2, -0.15) is 0 Å². The Morgan fingerprint density at radius 3 is 2.74 bits per heavy atom. The van der Waals surface area contributed by atoms with Crippen LogP contribution < -0.4 is 5.32 Å². The molecule has 0 aromatic heterocycles. The van der Waals surface area contributed by atoms with Crippen molar-refractivity contribution in [3.05, 3.63) is 35.9 Å². The van der Waals surface area contributed by atoms with Crippen LogP contribution in [0.15, 0.2) is 30.3 Å². The molecule has 3 fully saturated rings. The van der Waals surface area contributed by atoms with Gasteiger partial charge in [-0.05, 0) is 44.2 Å². The van der Waals surface area contributed by atoms with Crippen LogP contribution >= 0.6 is 0 Å². The molecule has 0 radical (unpaired) electrons. The van der Waals surface area contributed by atoms with Gasteiger partial charge in [-0.1, -0.05) is 30.3 Å². The Hall–Kier alpha value is -1.55. The molecule has 0 bridgehead atoms. The summed E-state index contributed by atoms with van der Waals surface area (Å²) in [5, 5.41) is 3.14. The minimum atomic E-state index is 0.171. The molecule has 1 spiro atoms. The summed E-state index contributed by atoms with van der Waals surface area (Å²) in [6.07, 6.45) is 6.01. The average molecular weight is 313 g/mol. The lowest BCUT2D eigenvalue weighted by Gasteiger charge is -2.40. The second kappa shape index (κ2) is 6.16. The molecule has 2 aliphatic heterocycles. The third kappa shape index (κ3) is 3.52. The molecule has 2 saturated heterocycles. The van der Waals surface area contributed by atoms with Crippen molar-refractivity contribution in [2.75, 3.05) is 26.2 Å². The van der Waals surface area contributed by atoms with E-state index in [2.05, 4.69) is 45.4 Å². The zero-order valence-electron chi connectivity index (χ0n) is 13.8. The van der Waals surface area contributed by atoms with Crippen molar-refractivity contribution in [1.29, 1.82) is 0 Å². The highest BCUT2D eigenvalue weighted by molar-refractivity contribution is 5.75. The van der Waals surface area contributed by atoms with E-state index in [1.165, 1.54) is 24.9 Å². The van der Waals surface area contributed by atoms with Crippen LogP contribution in [0, 0.1) is 5.41 Å². The topological polar surface area (TPSA) is 35.6 Å². The molecule has 1 atom stereocenters. The highest BCUT2D eigenvalue weighted by Crippen LogP contribution is 2.39. The van der Waals surface area contributed by atoms with Gasteiger partial charge in [-0.3, -0.25) is 4.90 Å². The highest BCUT2D eigenvalue weighted by Gasteiger charge is 2.43. The first-order valence-corrected chi connectivity index (χ1v) is 9.04. The van der Waals surface area contributed by atoms with Gasteiger partial charge in [-0.25, -0.2) is 4.79 Å². The third-order valence-corrected chi connectivity index (χ3v) is 5.62. The van der Waals surface area contributed by atoms with Gasteiger partial charge in [-0.15, -0.1) is 0 Å². The van der Waals surface area contributed by atoms with E-state index in [0.29, 0.717) is 11.5 Å². The largest absolute Gasteiger partial charge is 0.335 e. The van der Waals surface area contributed by atoms with Crippen molar-refractivity contribution in [2.24, 2.45) is 5.41 Å². The molecule has 4 heteroatoms. The number of urea groups is 1. The number of benzene rings is 1. The van der Waals surface area contributed by atoms with Gasteiger partial charge in [0.2, 0.25) is 0 Å². The van der Waals surface area contributed by atoms with E-state index in [0.717, 1.165) is 45.4 Å². The lowest BCUT2D eigenvalue weighted by molar-refractivity contribution is 0.0898. The van der Waals surface area contributed by atoms with Gasteiger partial charge in [0.15, 0.2) is 0 Å². The number of nitrogens with zero attached hydrogens (tertiary/aromatic N) is 2. The second-order valence-electron chi connectivity index (χ2n) is 7.70. The lowest BCUT2D eigenvalue weighted by atomic mass is 9.79. The standard InChI is InChI=1S/C19H27N3O/c23-18(20-17-7-8-17)22-12-10-19(15-22)9-4-11-21(14-19)13-16-5-2-1-3-6-16/h1-3,5-6,17H,4,7-15H2,(H,20,23). The van der Waals surface area contributed by atoms with Crippen molar-refractivity contribution < 1.29 is 4.79 Å². The Balaban J connectivity index is 1.36. The minimum Gasteiger partial charge on any atom is -0.335 e. The van der Waals surface area contributed by atoms with E-state index >= 15 is 0 Å². The molecule has 23 heavy (non-hydrogen) atoms. The number of hydrogen-bond donors (Lipinski definition) is 1. The SMILES string of the molecule is O=C(NC1CC1)N1CCC2(CCCN(Cc3ccccc3)C2)C1. The Morgan fingerprint density at radius 2 is 1.96 bits per heavy atom. The normalized spacial score (nSPS) is 28.3. The predicted octanol–water partition coefficient (Wildman–Crippen LogP) is 2.85. The number of nitrogens with one attached hydrogen (secondary N) is 1. The van der Waals surface area contributed by atoms with E-state index in [-0.39, 0.29) is 6.03 Å². The Morgan fingerprint density at radius 1 is 1.13 bits per heavy atom. The van der Waals surface area contributed by atoms with E-state index in [1.807, 2.05) is 0 Å². The van der Waals surface area contributed by atoms with Crippen LogP contribution in [-0.2, 0) is 6.54 Å². The zero-order valence-corrected chi connectivity index (χ0v) is 13.8. The van der Waals surface area contributed by atoms with Gasteiger partial charge in [0.05, 0.1) is 0 Å². The molecule has 1 unspecified atom stereocenters. The number of rotatable bonds is 3. The van der Waals surface area contributed by atoms with E-state index in [9.17, 15) is 4.79 Å². The van der Waals surface area contributed by atoms with Gasteiger partial charge >= 0.3 is 6.03 Å². The Bertz CT molecular complexity index is 557. The van der Waals surface area contributed by atoms with Crippen molar-refractivity contribution >= 4 is 6.03 Å². The first-order chi connectivity index (χ1) is 11.2. The van der Waals surface area contributed by atoms with Crippen LogP contribution in [0.4, 0.5) is 4.79 Å². The van der Waals surface area contributed by atoms with Crippen LogP contribution in [0.5, 0.6) is 0 Å². The van der Waals surface area contributed by atoms with Crippen molar-refractivity contribution in [1.82, 2.24) is 15.1 Å². The summed E-state index contributed by atoms with van der Waals surface area (Å²) >= 11 is 0.